The molecule has 2 rings (SSSR count). The van der Waals surface area contributed by atoms with E-state index in [1.54, 1.807) is 30.4 Å². The normalized spacial score (nSPS) is 22.1. The Morgan fingerprint density at radius 3 is 2.33 bits per heavy atom. The van der Waals surface area contributed by atoms with Gasteiger partial charge in [-0.15, -0.1) is 0 Å². The second-order valence-corrected chi connectivity index (χ2v) is 9.17. The number of hydrogen-bond donors (Lipinski definition) is 1. The van der Waals surface area contributed by atoms with Crippen LogP contribution in [0.25, 0.3) is 0 Å². The molecule has 1 heterocycles. The van der Waals surface area contributed by atoms with Gasteiger partial charge in [0.25, 0.3) is 0 Å². The van der Waals surface area contributed by atoms with Crippen molar-refractivity contribution in [2.45, 2.75) is 44.1 Å². The standard InChI is InChI=1S/C21H29NO3S2/c1-15(23)6-7-18-13-26-11-16-4-2-3-5-17(16)12-27-14-19(21(25)10-22)8-9-20(18)24/h2-5,18-19H,6-14,22H2,1H3/t18-,19-/m0/s1. The number of carbonyl (C=O) groups excluding carboxylic acids is 3. The molecule has 1 aromatic rings. The molecule has 0 saturated heterocycles. The number of thioether (sulfide) groups is 2. The molecule has 1 aromatic carbocycles. The molecular weight excluding hydrogens is 378 g/mol. The van der Waals surface area contributed by atoms with Crippen LogP contribution in [0.15, 0.2) is 24.3 Å². The van der Waals surface area contributed by atoms with E-state index in [2.05, 4.69) is 12.1 Å². The minimum Gasteiger partial charge on any atom is -0.324 e. The summed E-state index contributed by atoms with van der Waals surface area (Å²) in [5.41, 5.74) is 8.16. The van der Waals surface area contributed by atoms with E-state index in [0.717, 1.165) is 17.3 Å². The van der Waals surface area contributed by atoms with Gasteiger partial charge in [0.05, 0.1) is 6.54 Å². The molecule has 4 nitrogen and oxygen atoms in total. The van der Waals surface area contributed by atoms with E-state index in [1.165, 1.54) is 11.1 Å². The van der Waals surface area contributed by atoms with E-state index in [4.69, 9.17) is 5.73 Å². The summed E-state index contributed by atoms with van der Waals surface area (Å²) in [6, 6.07) is 8.36. The Morgan fingerprint density at radius 2 is 1.74 bits per heavy atom. The van der Waals surface area contributed by atoms with Gasteiger partial charge in [-0.3, -0.25) is 9.59 Å². The number of fused-ring (bicyclic) bond motifs is 1. The average molecular weight is 408 g/mol. The number of rotatable bonds is 5. The molecule has 27 heavy (non-hydrogen) atoms. The molecule has 0 aromatic heterocycles. The molecule has 0 bridgehead atoms. The minimum atomic E-state index is -0.169. The fraction of sp³-hybridized carbons (Fsp3) is 0.571. The molecule has 0 fully saturated rings. The smallest absolute Gasteiger partial charge is 0.150 e. The van der Waals surface area contributed by atoms with Crippen molar-refractivity contribution in [2.75, 3.05) is 18.1 Å². The first kappa shape index (κ1) is 22.2. The number of carbonyl (C=O) groups is 3. The summed E-state index contributed by atoms with van der Waals surface area (Å²) in [6.45, 7) is 1.60. The van der Waals surface area contributed by atoms with Crippen molar-refractivity contribution in [1.82, 2.24) is 0 Å². The van der Waals surface area contributed by atoms with Crippen LogP contribution >= 0.6 is 23.5 Å². The SMILES string of the molecule is CC(=O)CC[C@H]1CSCc2ccccc2CSC[C@@H](C(=O)CN)CCC1=O. The van der Waals surface area contributed by atoms with Crippen molar-refractivity contribution in [1.29, 1.82) is 0 Å². The quantitative estimate of drug-likeness (QED) is 0.803. The molecule has 0 unspecified atom stereocenters. The molecule has 6 heteroatoms. The minimum absolute atomic E-state index is 0.0274. The molecule has 0 aliphatic carbocycles. The Labute approximate surface area is 170 Å². The molecule has 0 saturated carbocycles. The Kier molecular flexibility index (Phi) is 9.59. The van der Waals surface area contributed by atoms with Gasteiger partial charge in [-0.1, -0.05) is 24.3 Å². The predicted molar refractivity (Wildman–Crippen MR) is 114 cm³/mol. The average Bonchev–Trinajstić information content (AvgIpc) is 2.67. The van der Waals surface area contributed by atoms with E-state index in [9.17, 15) is 14.4 Å². The Morgan fingerprint density at radius 1 is 1.11 bits per heavy atom. The molecule has 0 amide bonds. The van der Waals surface area contributed by atoms with E-state index in [1.807, 2.05) is 12.1 Å². The van der Waals surface area contributed by atoms with E-state index < -0.39 is 0 Å². The van der Waals surface area contributed by atoms with E-state index in [0.29, 0.717) is 31.4 Å². The van der Waals surface area contributed by atoms with E-state index in [-0.39, 0.29) is 35.7 Å². The third-order valence-corrected chi connectivity index (χ3v) is 7.27. The number of nitrogens with two attached hydrogens (primary N) is 1. The fourth-order valence-electron chi connectivity index (χ4n) is 3.20. The number of hydrogen-bond acceptors (Lipinski definition) is 6. The number of benzene rings is 1. The summed E-state index contributed by atoms with van der Waals surface area (Å²) < 4.78 is 0. The van der Waals surface area contributed by atoms with Crippen LogP contribution in [0.2, 0.25) is 0 Å². The van der Waals surface area contributed by atoms with Crippen molar-refractivity contribution in [3.63, 3.8) is 0 Å². The first-order valence-corrected chi connectivity index (χ1v) is 11.8. The van der Waals surface area contributed by atoms with Crippen LogP contribution in [-0.4, -0.2) is 35.4 Å². The van der Waals surface area contributed by atoms with Crippen molar-refractivity contribution in [3.8, 4) is 0 Å². The first-order chi connectivity index (χ1) is 13.0. The van der Waals surface area contributed by atoms with Crippen molar-refractivity contribution < 1.29 is 14.4 Å². The lowest BCUT2D eigenvalue weighted by molar-refractivity contribution is -0.124. The van der Waals surface area contributed by atoms with Crippen molar-refractivity contribution in [2.24, 2.45) is 17.6 Å². The molecule has 148 valence electrons. The van der Waals surface area contributed by atoms with Gasteiger partial charge in [0.1, 0.15) is 17.3 Å². The van der Waals surface area contributed by atoms with Crippen molar-refractivity contribution in [3.05, 3.63) is 35.4 Å². The number of Topliss-reactive ketones (excluding diaryl/α,β-unsaturated/α-hetero) is 3. The van der Waals surface area contributed by atoms with Crippen LogP contribution in [0.4, 0.5) is 0 Å². The maximum Gasteiger partial charge on any atom is 0.150 e. The zero-order valence-electron chi connectivity index (χ0n) is 15.9. The molecule has 1 aliphatic rings. The third-order valence-electron chi connectivity index (χ3n) is 4.97. The molecule has 0 spiro atoms. The maximum atomic E-state index is 12.8. The fourth-order valence-corrected chi connectivity index (χ4v) is 5.71. The molecule has 2 N–H and O–H groups in total. The van der Waals surface area contributed by atoms with Gasteiger partial charge in [-0.05, 0) is 30.9 Å². The van der Waals surface area contributed by atoms with Gasteiger partial charge >= 0.3 is 0 Å². The zero-order valence-corrected chi connectivity index (χ0v) is 17.6. The van der Waals surface area contributed by atoms with Crippen molar-refractivity contribution >= 4 is 40.9 Å². The van der Waals surface area contributed by atoms with Gasteiger partial charge in [-0.25, -0.2) is 0 Å². The highest BCUT2D eigenvalue weighted by atomic mass is 32.2. The topological polar surface area (TPSA) is 77.2 Å². The van der Waals surface area contributed by atoms with Gasteiger partial charge in [0, 0.05) is 47.7 Å². The van der Waals surface area contributed by atoms with Gasteiger partial charge in [0.2, 0.25) is 0 Å². The summed E-state index contributed by atoms with van der Waals surface area (Å²) in [4.78, 5) is 36.3. The maximum absolute atomic E-state index is 12.8. The monoisotopic (exact) mass is 407 g/mol. The second-order valence-electron chi connectivity index (χ2n) is 7.11. The summed E-state index contributed by atoms with van der Waals surface area (Å²) in [5.74, 6) is 3.20. The van der Waals surface area contributed by atoms with Crippen LogP contribution in [0.5, 0.6) is 0 Å². The second kappa shape index (κ2) is 11.7. The molecule has 0 radical (unpaired) electrons. The molecule has 2 atom stereocenters. The highest BCUT2D eigenvalue weighted by Crippen LogP contribution is 2.28. The van der Waals surface area contributed by atoms with Crippen LogP contribution < -0.4 is 5.73 Å². The lowest BCUT2D eigenvalue weighted by Gasteiger charge is -2.17. The van der Waals surface area contributed by atoms with E-state index >= 15 is 0 Å². The van der Waals surface area contributed by atoms with Crippen LogP contribution in [-0.2, 0) is 25.9 Å². The highest BCUT2D eigenvalue weighted by molar-refractivity contribution is 7.98. The van der Waals surface area contributed by atoms with Crippen LogP contribution in [0.1, 0.15) is 43.7 Å². The molecular formula is C21H29NO3S2. The lowest BCUT2D eigenvalue weighted by Crippen LogP contribution is -2.27. The van der Waals surface area contributed by atoms with Crippen LogP contribution in [0.3, 0.4) is 0 Å². The number of ketones is 3. The highest BCUT2D eigenvalue weighted by Gasteiger charge is 2.24. The largest absolute Gasteiger partial charge is 0.324 e. The van der Waals surface area contributed by atoms with Gasteiger partial charge < -0.3 is 10.5 Å². The first-order valence-electron chi connectivity index (χ1n) is 9.48. The Bertz CT molecular complexity index is 663. The zero-order chi connectivity index (χ0) is 19.6. The van der Waals surface area contributed by atoms with Crippen LogP contribution in [0, 0.1) is 11.8 Å². The summed E-state index contributed by atoms with van der Waals surface area (Å²) in [6.07, 6.45) is 2.00. The Hall–Kier alpha value is -1.11. The lowest BCUT2D eigenvalue weighted by atomic mass is 9.92. The summed E-state index contributed by atoms with van der Waals surface area (Å²) in [5, 5.41) is 0. The molecule has 1 aliphatic heterocycles. The Balaban J connectivity index is 2.16. The summed E-state index contributed by atoms with van der Waals surface area (Å²) in [7, 11) is 0. The van der Waals surface area contributed by atoms with Gasteiger partial charge in [0.15, 0.2) is 0 Å². The third kappa shape index (κ3) is 7.43. The summed E-state index contributed by atoms with van der Waals surface area (Å²) >= 11 is 3.51. The predicted octanol–water partition coefficient (Wildman–Crippen LogP) is 3.65. The van der Waals surface area contributed by atoms with Gasteiger partial charge in [-0.2, -0.15) is 23.5 Å².